The van der Waals surface area contributed by atoms with Gasteiger partial charge in [-0.15, -0.1) is 0 Å². The lowest BCUT2D eigenvalue weighted by Gasteiger charge is -2.17. The highest BCUT2D eigenvalue weighted by atomic mass is 127. The predicted molar refractivity (Wildman–Crippen MR) is 95.7 cm³/mol. The molecule has 0 fully saturated rings. The molecule has 2 nitrogen and oxygen atoms in total. The van der Waals surface area contributed by atoms with Crippen LogP contribution >= 0.6 is 22.6 Å². The van der Waals surface area contributed by atoms with E-state index in [-0.39, 0.29) is 6.04 Å². The molecular weight excluding hydrogens is 373 g/mol. The molecule has 0 saturated carbocycles. The van der Waals surface area contributed by atoms with Crippen LogP contribution in [0.1, 0.15) is 17.2 Å². The Kier molecular flexibility index (Phi) is 4.12. The summed E-state index contributed by atoms with van der Waals surface area (Å²) in [5, 5.41) is 2.24. The molecule has 0 aliphatic heterocycles. The van der Waals surface area contributed by atoms with Gasteiger partial charge in [-0.3, -0.25) is 0 Å². The molecule has 106 valence electrons. The Morgan fingerprint density at radius 2 is 1.71 bits per heavy atom. The molecule has 21 heavy (non-hydrogen) atoms. The molecule has 2 N–H and O–H groups in total. The summed E-state index contributed by atoms with van der Waals surface area (Å²) in [5.74, 6) is 0.879. The van der Waals surface area contributed by atoms with Crippen LogP contribution in [0.2, 0.25) is 0 Å². The van der Waals surface area contributed by atoms with Crippen LogP contribution in [0.15, 0.2) is 60.7 Å². The minimum Gasteiger partial charge on any atom is -0.496 e. The number of hydrogen-bond acceptors (Lipinski definition) is 2. The Bertz CT molecular complexity index is 785. The molecule has 0 bridgehead atoms. The SMILES string of the molecule is COc1ccc(C(N)c2cccc(I)c2)c2ccccc12. The summed E-state index contributed by atoms with van der Waals surface area (Å²) in [5.41, 5.74) is 8.74. The molecule has 0 saturated heterocycles. The van der Waals surface area contributed by atoms with Crippen molar-refractivity contribution in [2.75, 3.05) is 7.11 Å². The van der Waals surface area contributed by atoms with Crippen LogP contribution < -0.4 is 10.5 Å². The lowest BCUT2D eigenvalue weighted by molar-refractivity contribution is 0.419. The van der Waals surface area contributed by atoms with Gasteiger partial charge in [0.25, 0.3) is 0 Å². The molecule has 0 aliphatic carbocycles. The Hall–Kier alpha value is -1.59. The smallest absolute Gasteiger partial charge is 0.126 e. The number of benzene rings is 3. The molecule has 3 aromatic rings. The normalized spacial score (nSPS) is 12.3. The Morgan fingerprint density at radius 3 is 2.43 bits per heavy atom. The van der Waals surface area contributed by atoms with E-state index in [1.165, 1.54) is 3.57 Å². The lowest BCUT2D eigenvalue weighted by atomic mass is 9.94. The first-order valence-corrected chi connectivity index (χ1v) is 7.85. The molecule has 3 aromatic carbocycles. The van der Waals surface area contributed by atoms with Crippen LogP contribution in [-0.2, 0) is 0 Å². The van der Waals surface area contributed by atoms with Gasteiger partial charge in [-0.25, -0.2) is 0 Å². The lowest BCUT2D eigenvalue weighted by Crippen LogP contribution is -2.12. The monoisotopic (exact) mass is 389 g/mol. The Balaban J connectivity index is 2.17. The summed E-state index contributed by atoms with van der Waals surface area (Å²) in [6.45, 7) is 0. The van der Waals surface area contributed by atoms with Gasteiger partial charge in [0.2, 0.25) is 0 Å². The molecule has 0 aliphatic rings. The van der Waals surface area contributed by atoms with Crippen LogP contribution in [-0.4, -0.2) is 7.11 Å². The number of ether oxygens (including phenoxy) is 1. The van der Waals surface area contributed by atoms with E-state index in [9.17, 15) is 0 Å². The quantitative estimate of drug-likeness (QED) is 0.670. The van der Waals surface area contributed by atoms with E-state index in [0.29, 0.717) is 0 Å². The standard InChI is InChI=1S/C18H16INO/c1-21-17-10-9-16(14-7-2-3-8-15(14)17)18(20)12-5-4-6-13(19)11-12/h2-11,18H,20H2,1H3. The zero-order chi connectivity index (χ0) is 14.8. The molecular formula is C18H16INO. The van der Waals surface area contributed by atoms with E-state index in [4.69, 9.17) is 10.5 Å². The maximum absolute atomic E-state index is 6.50. The second kappa shape index (κ2) is 6.03. The second-order valence-corrected chi connectivity index (χ2v) is 6.18. The zero-order valence-electron chi connectivity index (χ0n) is 11.7. The van der Waals surface area contributed by atoms with Gasteiger partial charge in [-0.1, -0.05) is 42.5 Å². The summed E-state index contributed by atoms with van der Waals surface area (Å²) < 4.78 is 6.64. The largest absolute Gasteiger partial charge is 0.496 e. The fourth-order valence-corrected chi connectivity index (χ4v) is 3.19. The van der Waals surface area contributed by atoms with Crippen LogP contribution in [0.4, 0.5) is 0 Å². The van der Waals surface area contributed by atoms with Gasteiger partial charge in [-0.2, -0.15) is 0 Å². The predicted octanol–water partition coefficient (Wildman–Crippen LogP) is 4.50. The fraction of sp³-hybridized carbons (Fsp3) is 0.111. The third kappa shape index (κ3) is 2.76. The average molecular weight is 389 g/mol. The van der Waals surface area contributed by atoms with Gasteiger partial charge < -0.3 is 10.5 Å². The summed E-state index contributed by atoms with van der Waals surface area (Å²) in [4.78, 5) is 0. The molecule has 0 heterocycles. The number of rotatable bonds is 3. The van der Waals surface area contributed by atoms with E-state index in [1.807, 2.05) is 24.3 Å². The Labute approximate surface area is 138 Å². The first kappa shape index (κ1) is 14.4. The van der Waals surface area contributed by atoms with E-state index in [0.717, 1.165) is 27.6 Å². The minimum absolute atomic E-state index is 0.143. The van der Waals surface area contributed by atoms with Crippen molar-refractivity contribution in [3.63, 3.8) is 0 Å². The molecule has 1 atom stereocenters. The van der Waals surface area contributed by atoms with Crippen molar-refractivity contribution in [2.45, 2.75) is 6.04 Å². The highest BCUT2D eigenvalue weighted by Crippen LogP contribution is 2.33. The van der Waals surface area contributed by atoms with E-state index in [1.54, 1.807) is 7.11 Å². The number of fused-ring (bicyclic) bond motifs is 1. The summed E-state index contributed by atoms with van der Waals surface area (Å²) in [7, 11) is 1.70. The molecule has 3 heteroatoms. The van der Waals surface area contributed by atoms with Crippen molar-refractivity contribution >= 4 is 33.4 Å². The molecule has 0 aromatic heterocycles. The number of halogens is 1. The van der Waals surface area contributed by atoms with Crippen molar-refractivity contribution in [2.24, 2.45) is 5.73 Å². The van der Waals surface area contributed by atoms with Crippen LogP contribution in [0.25, 0.3) is 10.8 Å². The van der Waals surface area contributed by atoms with Crippen LogP contribution in [0.5, 0.6) is 5.75 Å². The first-order valence-electron chi connectivity index (χ1n) is 6.77. The van der Waals surface area contributed by atoms with Crippen LogP contribution in [0.3, 0.4) is 0 Å². The van der Waals surface area contributed by atoms with Gasteiger partial charge in [0.15, 0.2) is 0 Å². The van der Waals surface area contributed by atoms with Crippen LogP contribution in [0, 0.1) is 3.57 Å². The highest BCUT2D eigenvalue weighted by Gasteiger charge is 2.14. The second-order valence-electron chi connectivity index (χ2n) is 4.94. The maximum atomic E-state index is 6.50. The van der Waals surface area contributed by atoms with Gasteiger partial charge >= 0.3 is 0 Å². The van der Waals surface area contributed by atoms with Crippen molar-refractivity contribution < 1.29 is 4.74 Å². The first-order chi connectivity index (χ1) is 10.2. The molecule has 0 radical (unpaired) electrons. The van der Waals surface area contributed by atoms with E-state index in [2.05, 4.69) is 59.0 Å². The van der Waals surface area contributed by atoms with Gasteiger partial charge in [-0.05, 0) is 57.3 Å². The minimum atomic E-state index is -0.143. The molecule has 0 spiro atoms. The van der Waals surface area contributed by atoms with Crippen molar-refractivity contribution in [3.05, 3.63) is 75.4 Å². The van der Waals surface area contributed by atoms with Gasteiger partial charge in [0.05, 0.1) is 13.2 Å². The van der Waals surface area contributed by atoms with Crippen molar-refractivity contribution in [3.8, 4) is 5.75 Å². The van der Waals surface area contributed by atoms with E-state index >= 15 is 0 Å². The van der Waals surface area contributed by atoms with E-state index < -0.39 is 0 Å². The summed E-state index contributed by atoms with van der Waals surface area (Å²) in [6.07, 6.45) is 0. The van der Waals surface area contributed by atoms with Crippen molar-refractivity contribution in [1.82, 2.24) is 0 Å². The number of nitrogens with two attached hydrogens (primary N) is 1. The third-order valence-electron chi connectivity index (χ3n) is 3.68. The molecule has 1 unspecified atom stereocenters. The Morgan fingerprint density at radius 1 is 0.952 bits per heavy atom. The molecule has 3 rings (SSSR count). The van der Waals surface area contributed by atoms with Crippen molar-refractivity contribution in [1.29, 1.82) is 0 Å². The van der Waals surface area contributed by atoms with Gasteiger partial charge in [0, 0.05) is 8.96 Å². The topological polar surface area (TPSA) is 35.2 Å². The third-order valence-corrected chi connectivity index (χ3v) is 4.35. The molecule has 0 amide bonds. The summed E-state index contributed by atoms with van der Waals surface area (Å²) >= 11 is 2.31. The number of hydrogen-bond donors (Lipinski definition) is 1. The summed E-state index contributed by atoms with van der Waals surface area (Å²) in [6, 6.07) is 20.5. The average Bonchev–Trinajstić information content (AvgIpc) is 2.53. The fourth-order valence-electron chi connectivity index (χ4n) is 2.62. The highest BCUT2D eigenvalue weighted by molar-refractivity contribution is 14.1. The number of methoxy groups -OCH3 is 1. The van der Waals surface area contributed by atoms with Gasteiger partial charge in [0.1, 0.15) is 5.75 Å². The zero-order valence-corrected chi connectivity index (χ0v) is 13.9. The maximum Gasteiger partial charge on any atom is 0.126 e.